The van der Waals surface area contributed by atoms with Crippen LogP contribution in [0.2, 0.25) is 0 Å². The molecule has 0 saturated carbocycles. The summed E-state index contributed by atoms with van der Waals surface area (Å²) in [5, 5.41) is 7.35. The minimum atomic E-state index is -0.245. The first-order chi connectivity index (χ1) is 10.5. The van der Waals surface area contributed by atoms with Crippen LogP contribution >= 0.6 is 0 Å². The molecule has 1 aliphatic rings. The van der Waals surface area contributed by atoms with Gasteiger partial charge in [0.2, 0.25) is 11.8 Å². The Hall–Kier alpha value is -2.44. The summed E-state index contributed by atoms with van der Waals surface area (Å²) in [6.07, 6.45) is 0.967. The van der Waals surface area contributed by atoms with Crippen molar-refractivity contribution in [3.05, 3.63) is 41.0 Å². The molecule has 116 valence electrons. The Morgan fingerprint density at radius 2 is 2.32 bits per heavy atom. The fourth-order valence-corrected chi connectivity index (χ4v) is 2.47. The van der Waals surface area contributed by atoms with Crippen molar-refractivity contribution in [2.45, 2.75) is 26.4 Å². The number of rotatable bonds is 3. The molecule has 1 N–H and O–H groups in total. The molecule has 0 radical (unpaired) electrons. The highest BCUT2D eigenvalue weighted by atomic mass is 19.1. The largest absolute Gasteiger partial charge is 0.354 e. The third kappa shape index (κ3) is 2.79. The summed E-state index contributed by atoms with van der Waals surface area (Å²) in [5.74, 6) is 0.337. The van der Waals surface area contributed by atoms with Gasteiger partial charge < -0.3 is 10.2 Å². The lowest BCUT2D eigenvalue weighted by Crippen LogP contribution is -2.27. The highest BCUT2D eigenvalue weighted by Gasteiger charge is 2.21. The van der Waals surface area contributed by atoms with E-state index in [4.69, 9.17) is 0 Å². The summed E-state index contributed by atoms with van der Waals surface area (Å²) < 4.78 is 15.0. The lowest BCUT2D eigenvalue weighted by Gasteiger charge is -2.15. The van der Waals surface area contributed by atoms with Gasteiger partial charge in [0.15, 0.2) is 0 Å². The van der Waals surface area contributed by atoms with Crippen LogP contribution in [0.25, 0.3) is 0 Å². The monoisotopic (exact) mass is 303 g/mol. The van der Waals surface area contributed by atoms with Crippen LogP contribution in [-0.2, 0) is 13.1 Å². The maximum absolute atomic E-state index is 13.3. The molecule has 7 heteroatoms. The summed E-state index contributed by atoms with van der Waals surface area (Å²) >= 11 is 0. The molecule has 0 spiro atoms. The molecule has 1 aromatic carbocycles. The SMILES string of the molecule is Cc1cc(CN(C)C(=O)c2nc3n(n2)CCCN3)ccc1F. The van der Waals surface area contributed by atoms with E-state index in [-0.39, 0.29) is 17.5 Å². The third-order valence-corrected chi connectivity index (χ3v) is 3.68. The van der Waals surface area contributed by atoms with E-state index < -0.39 is 0 Å². The number of nitrogens with zero attached hydrogens (tertiary/aromatic N) is 4. The van der Waals surface area contributed by atoms with E-state index in [1.165, 1.54) is 11.0 Å². The standard InChI is InChI=1S/C15H18FN5O/c1-10-8-11(4-5-12(10)16)9-20(2)14(22)13-18-15-17-6-3-7-21(15)19-13/h4-5,8H,3,6-7,9H2,1-2H3,(H,17,18,19). The number of halogens is 1. The number of carbonyl (C=O) groups excluding carboxylic acids is 1. The molecule has 2 heterocycles. The third-order valence-electron chi connectivity index (χ3n) is 3.68. The van der Waals surface area contributed by atoms with Crippen molar-refractivity contribution in [2.75, 3.05) is 18.9 Å². The first-order valence-electron chi connectivity index (χ1n) is 7.24. The number of aromatic nitrogens is 3. The lowest BCUT2D eigenvalue weighted by atomic mass is 10.1. The number of carbonyl (C=O) groups is 1. The Morgan fingerprint density at radius 3 is 3.05 bits per heavy atom. The lowest BCUT2D eigenvalue weighted by molar-refractivity contribution is 0.0772. The van der Waals surface area contributed by atoms with Gasteiger partial charge in [-0.15, -0.1) is 5.10 Å². The number of hydrogen-bond donors (Lipinski definition) is 1. The van der Waals surface area contributed by atoms with Crippen LogP contribution in [0.1, 0.15) is 28.2 Å². The van der Waals surface area contributed by atoms with Crippen LogP contribution in [0.3, 0.4) is 0 Å². The van der Waals surface area contributed by atoms with E-state index in [0.29, 0.717) is 18.1 Å². The summed E-state index contributed by atoms with van der Waals surface area (Å²) in [5.41, 5.74) is 1.44. The maximum atomic E-state index is 13.3. The number of aryl methyl sites for hydroxylation is 2. The van der Waals surface area contributed by atoms with Crippen LogP contribution in [0.5, 0.6) is 0 Å². The number of nitrogens with one attached hydrogen (secondary N) is 1. The molecule has 0 bridgehead atoms. The van der Waals surface area contributed by atoms with Crippen molar-refractivity contribution >= 4 is 11.9 Å². The first-order valence-corrected chi connectivity index (χ1v) is 7.24. The van der Waals surface area contributed by atoms with Crippen LogP contribution in [-0.4, -0.2) is 39.2 Å². The smallest absolute Gasteiger partial charge is 0.293 e. The van der Waals surface area contributed by atoms with Crippen LogP contribution in [0.15, 0.2) is 18.2 Å². The molecule has 22 heavy (non-hydrogen) atoms. The molecule has 1 aliphatic heterocycles. The topological polar surface area (TPSA) is 63.1 Å². The van der Waals surface area contributed by atoms with E-state index in [9.17, 15) is 9.18 Å². The molecular formula is C15H18FN5O. The molecule has 0 aliphatic carbocycles. The average Bonchev–Trinajstić information content (AvgIpc) is 2.94. The van der Waals surface area contributed by atoms with Gasteiger partial charge in [0, 0.05) is 26.7 Å². The molecular weight excluding hydrogens is 285 g/mol. The van der Waals surface area contributed by atoms with E-state index >= 15 is 0 Å². The van der Waals surface area contributed by atoms with Crippen LogP contribution in [0.4, 0.5) is 10.3 Å². The van der Waals surface area contributed by atoms with Crippen LogP contribution in [0, 0.1) is 12.7 Å². The fourth-order valence-electron chi connectivity index (χ4n) is 2.47. The molecule has 0 saturated heterocycles. The number of anilines is 1. The summed E-state index contributed by atoms with van der Waals surface area (Å²) in [6.45, 7) is 3.70. The van der Waals surface area contributed by atoms with Crippen molar-refractivity contribution in [3.8, 4) is 0 Å². The highest BCUT2D eigenvalue weighted by Crippen LogP contribution is 2.14. The summed E-state index contributed by atoms with van der Waals surface area (Å²) in [7, 11) is 1.69. The Balaban J connectivity index is 1.73. The molecule has 1 aromatic heterocycles. The van der Waals surface area contributed by atoms with Gasteiger partial charge in [-0.2, -0.15) is 4.98 Å². The van der Waals surface area contributed by atoms with Gasteiger partial charge in [0.05, 0.1) is 0 Å². The van der Waals surface area contributed by atoms with E-state index in [1.807, 2.05) is 0 Å². The van der Waals surface area contributed by atoms with Crippen molar-refractivity contribution in [1.29, 1.82) is 0 Å². The second kappa shape index (κ2) is 5.75. The highest BCUT2D eigenvalue weighted by molar-refractivity contribution is 5.90. The second-order valence-electron chi connectivity index (χ2n) is 5.51. The van der Waals surface area contributed by atoms with Crippen molar-refractivity contribution in [1.82, 2.24) is 19.7 Å². The van der Waals surface area contributed by atoms with Gasteiger partial charge in [0.1, 0.15) is 5.82 Å². The average molecular weight is 303 g/mol. The summed E-state index contributed by atoms with van der Waals surface area (Å²) in [4.78, 5) is 18.2. The number of benzene rings is 1. The molecule has 1 amide bonds. The predicted molar refractivity (Wildman–Crippen MR) is 80.1 cm³/mol. The van der Waals surface area contributed by atoms with Crippen molar-refractivity contribution in [3.63, 3.8) is 0 Å². The van der Waals surface area contributed by atoms with Gasteiger partial charge >= 0.3 is 0 Å². The molecule has 0 unspecified atom stereocenters. The Bertz CT molecular complexity index is 688. The first kappa shape index (κ1) is 14.5. The molecule has 2 aromatic rings. The van der Waals surface area contributed by atoms with Crippen LogP contribution < -0.4 is 5.32 Å². The molecule has 0 atom stereocenters. The normalized spacial score (nSPS) is 13.4. The maximum Gasteiger partial charge on any atom is 0.293 e. The number of amides is 1. The van der Waals surface area contributed by atoms with E-state index in [2.05, 4.69) is 15.4 Å². The quantitative estimate of drug-likeness (QED) is 0.939. The Labute approximate surface area is 128 Å². The van der Waals surface area contributed by atoms with Gasteiger partial charge in [0.25, 0.3) is 5.91 Å². The zero-order valence-corrected chi connectivity index (χ0v) is 12.6. The van der Waals surface area contributed by atoms with Gasteiger partial charge in [-0.25, -0.2) is 9.07 Å². The van der Waals surface area contributed by atoms with Gasteiger partial charge in [-0.05, 0) is 30.5 Å². The number of fused-ring (bicyclic) bond motifs is 1. The second-order valence-corrected chi connectivity index (χ2v) is 5.51. The van der Waals surface area contributed by atoms with E-state index in [0.717, 1.165) is 25.1 Å². The fraction of sp³-hybridized carbons (Fsp3) is 0.400. The van der Waals surface area contributed by atoms with Crippen molar-refractivity contribution < 1.29 is 9.18 Å². The minimum absolute atomic E-state index is 0.186. The predicted octanol–water partition coefficient (Wildman–Crippen LogP) is 1.81. The van der Waals surface area contributed by atoms with Gasteiger partial charge in [-0.3, -0.25) is 4.79 Å². The Morgan fingerprint density at radius 1 is 1.50 bits per heavy atom. The number of hydrogen-bond acceptors (Lipinski definition) is 4. The minimum Gasteiger partial charge on any atom is -0.354 e. The summed E-state index contributed by atoms with van der Waals surface area (Å²) in [6, 6.07) is 4.84. The molecule has 3 rings (SSSR count). The molecule has 6 nitrogen and oxygen atoms in total. The van der Waals surface area contributed by atoms with E-state index in [1.54, 1.807) is 30.8 Å². The Kier molecular flexibility index (Phi) is 3.79. The van der Waals surface area contributed by atoms with Gasteiger partial charge in [-0.1, -0.05) is 12.1 Å². The zero-order chi connectivity index (χ0) is 15.7. The molecule has 0 fully saturated rings. The van der Waals surface area contributed by atoms with Crippen molar-refractivity contribution in [2.24, 2.45) is 0 Å². The zero-order valence-electron chi connectivity index (χ0n) is 12.6.